The van der Waals surface area contributed by atoms with Crippen LogP contribution in [0.5, 0.6) is 0 Å². The van der Waals surface area contributed by atoms with Crippen LogP contribution in [0.15, 0.2) is 60.8 Å². The van der Waals surface area contributed by atoms with E-state index < -0.39 is 0 Å². The molecule has 2 aromatic heterocycles. The molecule has 0 spiro atoms. The zero-order valence-electron chi connectivity index (χ0n) is 25.4. The highest BCUT2D eigenvalue weighted by Gasteiger charge is 2.24. The first-order valence-corrected chi connectivity index (χ1v) is 15.2. The summed E-state index contributed by atoms with van der Waals surface area (Å²) in [7, 11) is 1.93. The molecule has 0 radical (unpaired) electrons. The number of anilines is 2. The van der Waals surface area contributed by atoms with E-state index >= 15 is 0 Å². The van der Waals surface area contributed by atoms with Gasteiger partial charge in [-0.2, -0.15) is 5.10 Å². The summed E-state index contributed by atoms with van der Waals surface area (Å²) in [6.07, 6.45) is 4.29. The molecule has 228 valence electrons. The van der Waals surface area contributed by atoms with Crippen molar-refractivity contribution < 1.29 is 14.7 Å². The Morgan fingerprint density at radius 3 is 2.18 bits per heavy atom. The lowest BCUT2D eigenvalue weighted by atomic mass is 9.94. The minimum Gasteiger partial charge on any atom is -0.392 e. The van der Waals surface area contributed by atoms with Gasteiger partial charge in [-0.05, 0) is 92.2 Å². The Balaban J connectivity index is 1.16. The normalized spacial score (nSPS) is 18.2. The Hall–Kier alpha value is -4.38. The number of likely N-dealkylation sites (tertiary alicyclic amines) is 1. The second kappa shape index (κ2) is 12.7. The number of nitrogens with one attached hydrogen (secondary N) is 3. The lowest BCUT2D eigenvalue weighted by Gasteiger charge is -2.22. The van der Waals surface area contributed by atoms with Crippen LogP contribution in [0.1, 0.15) is 68.7 Å². The van der Waals surface area contributed by atoms with E-state index in [1.165, 1.54) is 0 Å². The van der Waals surface area contributed by atoms with Crippen molar-refractivity contribution in [2.45, 2.75) is 58.3 Å². The van der Waals surface area contributed by atoms with Gasteiger partial charge in [0.2, 0.25) is 0 Å². The smallest absolute Gasteiger partial charge is 0.276 e. The van der Waals surface area contributed by atoms with Crippen molar-refractivity contribution in [3.05, 3.63) is 94.6 Å². The summed E-state index contributed by atoms with van der Waals surface area (Å²) < 4.78 is 1.93. The maximum atomic E-state index is 13.3. The van der Waals surface area contributed by atoms with E-state index in [2.05, 4.69) is 30.9 Å². The number of fused-ring (bicyclic) bond motifs is 1. The summed E-state index contributed by atoms with van der Waals surface area (Å²) in [6, 6.07) is 17.4. The number of aliphatic hydroxyl groups is 1. The third-order valence-electron chi connectivity index (χ3n) is 8.78. The Morgan fingerprint density at radius 1 is 0.909 bits per heavy atom. The molecule has 4 heterocycles. The maximum Gasteiger partial charge on any atom is 0.276 e. The van der Waals surface area contributed by atoms with E-state index in [0.717, 1.165) is 65.9 Å². The molecule has 0 bridgehead atoms. The zero-order chi connectivity index (χ0) is 30.8. The number of carbonyl (C=O) groups is 2. The summed E-state index contributed by atoms with van der Waals surface area (Å²) in [5.41, 5.74) is 7.96. The molecule has 2 aliphatic heterocycles. The van der Waals surface area contributed by atoms with Crippen LogP contribution >= 0.6 is 0 Å². The average Bonchev–Trinajstić information content (AvgIpc) is 3.65. The van der Waals surface area contributed by atoms with E-state index in [-0.39, 0.29) is 24.0 Å². The first-order valence-electron chi connectivity index (χ1n) is 15.2. The zero-order valence-corrected chi connectivity index (χ0v) is 25.4. The summed E-state index contributed by atoms with van der Waals surface area (Å²) >= 11 is 0. The highest BCUT2D eigenvalue weighted by Crippen LogP contribution is 2.34. The fraction of sp³-hybridized carbons (Fsp3) is 0.353. The van der Waals surface area contributed by atoms with Crippen molar-refractivity contribution >= 4 is 23.2 Å². The van der Waals surface area contributed by atoms with Gasteiger partial charge in [0.15, 0.2) is 5.69 Å². The molecule has 0 saturated carbocycles. The number of aryl methyl sites for hydroxylation is 1. The van der Waals surface area contributed by atoms with E-state index in [9.17, 15) is 14.7 Å². The summed E-state index contributed by atoms with van der Waals surface area (Å²) in [5.74, 6) is -0.523. The molecular weight excluding hydrogens is 554 g/mol. The van der Waals surface area contributed by atoms with Gasteiger partial charge in [-0.3, -0.25) is 24.2 Å². The predicted octanol–water partition coefficient (Wildman–Crippen LogP) is 4.69. The molecule has 2 amide bonds. The fourth-order valence-corrected chi connectivity index (χ4v) is 6.25. The van der Waals surface area contributed by atoms with Gasteiger partial charge in [0.25, 0.3) is 11.8 Å². The second-order valence-electron chi connectivity index (χ2n) is 11.8. The second-order valence-corrected chi connectivity index (χ2v) is 11.8. The highest BCUT2D eigenvalue weighted by molar-refractivity contribution is 6.05. The first-order chi connectivity index (χ1) is 21.3. The van der Waals surface area contributed by atoms with Gasteiger partial charge in [0.1, 0.15) is 5.69 Å². The van der Waals surface area contributed by atoms with Gasteiger partial charge in [-0.1, -0.05) is 30.3 Å². The molecule has 10 heteroatoms. The number of hydrogen-bond donors (Lipinski definition) is 4. The number of aromatic nitrogens is 3. The molecule has 1 fully saturated rings. The van der Waals surface area contributed by atoms with Crippen molar-refractivity contribution in [2.75, 3.05) is 30.8 Å². The molecule has 2 aromatic carbocycles. The van der Waals surface area contributed by atoms with E-state index in [1.54, 1.807) is 12.3 Å². The maximum absolute atomic E-state index is 13.3. The number of pyridine rings is 1. The van der Waals surface area contributed by atoms with Crippen LogP contribution in [-0.4, -0.2) is 62.8 Å². The number of aliphatic hydroxyl groups excluding tert-OH is 1. The average molecular weight is 594 g/mol. The molecule has 44 heavy (non-hydrogen) atoms. The van der Waals surface area contributed by atoms with Crippen LogP contribution in [-0.2, 0) is 13.1 Å². The molecule has 0 aliphatic carbocycles. The number of hydrogen-bond acceptors (Lipinski definition) is 7. The molecule has 2 aliphatic rings. The number of carbonyl (C=O) groups excluding carboxylic acids is 2. The molecule has 6 rings (SSSR count). The molecule has 4 N–H and O–H groups in total. The van der Waals surface area contributed by atoms with Gasteiger partial charge >= 0.3 is 0 Å². The van der Waals surface area contributed by atoms with Crippen molar-refractivity contribution in [1.29, 1.82) is 0 Å². The molecule has 1 saturated heterocycles. The topological polar surface area (TPSA) is 124 Å². The molecule has 2 atom stereocenters. The Labute approximate surface area is 257 Å². The van der Waals surface area contributed by atoms with Crippen LogP contribution < -0.4 is 16.0 Å². The Morgan fingerprint density at radius 2 is 1.59 bits per heavy atom. The van der Waals surface area contributed by atoms with Gasteiger partial charge in [-0.25, -0.2) is 0 Å². The summed E-state index contributed by atoms with van der Waals surface area (Å²) in [5, 5.41) is 23.7. The number of amides is 2. The number of nitrogens with zero attached hydrogens (tertiary/aromatic N) is 4. The van der Waals surface area contributed by atoms with Crippen LogP contribution in [0, 0.1) is 13.8 Å². The van der Waals surface area contributed by atoms with Gasteiger partial charge in [0, 0.05) is 49.8 Å². The minimum absolute atomic E-state index is 0.198. The number of benzene rings is 2. The third kappa shape index (κ3) is 6.14. The predicted molar refractivity (Wildman–Crippen MR) is 171 cm³/mol. The number of β-amino-alcohol motifs (C(OH)–C–C–N with tert-alkyl or cyclic N) is 1. The fourth-order valence-electron chi connectivity index (χ4n) is 6.25. The lowest BCUT2D eigenvalue weighted by Crippen LogP contribution is -2.24. The van der Waals surface area contributed by atoms with Gasteiger partial charge in [-0.15, -0.1) is 0 Å². The molecular formula is C34H39N7O3. The molecule has 10 nitrogen and oxygen atoms in total. The highest BCUT2D eigenvalue weighted by atomic mass is 16.3. The van der Waals surface area contributed by atoms with Crippen LogP contribution in [0.3, 0.4) is 0 Å². The van der Waals surface area contributed by atoms with Crippen LogP contribution in [0.4, 0.5) is 11.4 Å². The Kier molecular flexibility index (Phi) is 8.56. The van der Waals surface area contributed by atoms with E-state index in [4.69, 9.17) is 0 Å². The van der Waals surface area contributed by atoms with E-state index in [0.29, 0.717) is 35.9 Å². The van der Waals surface area contributed by atoms with Crippen molar-refractivity contribution in [3.8, 4) is 11.1 Å². The monoisotopic (exact) mass is 593 g/mol. The SMILES string of the molecule is CN[C@@H]1CCCn2nc(C(=O)Nc3cccc(-c4cccc(NC(=O)c5ccc(CN6CC[C@@H](O)C6)cn5)c4C)c3C)cc21. The quantitative estimate of drug-likeness (QED) is 0.234. The van der Waals surface area contributed by atoms with Crippen molar-refractivity contribution in [3.63, 3.8) is 0 Å². The van der Waals surface area contributed by atoms with Gasteiger partial charge < -0.3 is 21.1 Å². The Bertz CT molecular complexity index is 1680. The molecule has 0 unspecified atom stereocenters. The number of rotatable bonds is 8. The molecule has 4 aromatic rings. The lowest BCUT2D eigenvalue weighted by molar-refractivity contribution is 0.101. The standard InChI is InChI=1S/C34H39N7O3/c1-21-25(7-4-9-27(21)37-33(43)30-13-12-23(18-36-30)19-40-16-14-24(42)20-40)26-8-5-10-28(22(26)2)38-34(44)31-17-32-29(35-3)11-6-15-41(32)39-31/h4-5,7-10,12-13,17-18,24,29,35,42H,6,11,14-16,19-20H2,1-3H3,(H,37,43)(H,38,44)/t24-,29-/m1/s1. The first kappa shape index (κ1) is 29.7. The van der Waals surface area contributed by atoms with Gasteiger partial charge in [0.05, 0.1) is 11.8 Å². The van der Waals surface area contributed by atoms with E-state index in [1.807, 2.05) is 74.1 Å². The van der Waals surface area contributed by atoms with Crippen LogP contribution in [0.2, 0.25) is 0 Å². The summed E-state index contributed by atoms with van der Waals surface area (Å²) in [6.45, 7) is 7.00. The summed E-state index contributed by atoms with van der Waals surface area (Å²) in [4.78, 5) is 33.0. The minimum atomic E-state index is -0.283. The van der Waals surface area contributed by atoms with Crippen molar-refractivity contribution in [1.82, 2.24) is 25.0 Å². The largest absolute Gasteiger partial charge is 0.392 e. The van der Waals surface area contributed by atoms with Crippen molar-refractivity contribution in [2.24, 2.45) is 0 Å². The third-order valence-corrected chi connectivity index (χ3v) is 8.78. The van der Waals surface area contributed by atoms with Crippen LogP contribution in [0.25, 0.3) is 11.1 Å².